The molecular weight excluding hydrogens is 374 g/mol. The Hall–Kier alpha value is -3.75. The lowest BCUT2D eigenvalue weighted by Gasteiger charge is -2.23. The first kappa shape index (κ1) is 20.0. The van der Waals surface area contributed by atoms with Gasteiger partial charge in [0.1, 0.15) is 11.7 Å². The number of nitro benzene ring substituents is 1. The van der Waals surface area contributed by atoms with E-state index in [1.165, 1.54) is 30.3 Å². The van der Waals surface area contributed by atoms with Gasteiger partial charge >= 0.3 is 0 Å². The van der Waals surface area contributed by atoms with Crippen LogP contribution < -0.4 is 10.6 Å². The maximum Gasteiger partial charge on any atom is 0.269 e. The van der Waals surface area contributed by atoms with Gasteiger partial charge in [0.05, 0.1) is 16.9 Å². The summed E-state index contributed by atoms with van der Waals surface area (Å²) in [6.07, 6.45) is 6.33. The zero-order chi connectivity index (χ0) is 21.2. The molecule has 1 atom stereocenters. The molecule has 3 N–H and O–H groups in total. The molecule has 0 bridgehead atoms. The molecule has 0 spiro atoms. The molecule has 1 unspecified atom stereocenters. The first-order valence-corrected chi connectivity index (χ1v) is 8.95. The molecule has 1 fully saturated rings. The number of aromatic amines is 1. The highest BCUT2D eigenvalue weighted by atomic mass is 16.6. The normalized spacial score (nSPS) is 18.7. The van der Waals surface area contributed by atoms with Gasteiger partial charge in [0.2, 0.25) is 0 Å². The molecule has 29 heavy (non-hydrogen) atoms. The molecule has 0 saturated carbocycles. The molecule has 1 aliphatic heterocycles. The number of aromatic nitrogens is 2. The van der Waals surface area contributed by atoms with E-state index in [0.717, 1.165) is 5.69 Å². The van der Waals surface area contributed by atoms with E-state index in [9.17, 15) is 19.7 Å². The van der Waals surface area contributed by atoms with E-state index in [4.69, 9.17) is 0 Å². The molecule has 2 aromatic rings. The van der Waals surface area contributed by atoms with E-state index < -0.39 is 16.9 Å². The SMILES string of the molecule is CC(C)(C)c1[nH]cnc1C=CC1NC(=O)/C(=C/c2ccc([N+](=O)[O-])cc2)NC1=O. The third-order valence-electron chi connectivity index (χ3n) is 4.35. The Kier molecular flexibility index (Phi) is 5.31. The van der Waals surface area contributed by atoms with Crippen molar-refractivity contribution in [2.75, 3.05) is 0 Å². The van der Waals surface area contributed by atoms with E-state index >= 15 is 0 Å². The highest BCUT2D eigenvalue weighted by molar-refractivity contribution is 6.08. The molecule has 0 aliphatic carbocycles. The Morgan fingerprint density at radius 3 is 2.48 bits per heavy atom. The number of carbonyl (C=O) groups is 2. The summed E-state index contributed by atoms with van der Waals surface area (Å²) in [7, 11) is 0. The van der Waals surface area contributed by atoms with Gasteiger partial charge in [-0.3, -0.25) is 19.7 Å². The fourth-order valence-electron chi connectivity index (χ4n) is 2.87. The number of rotatable bonds is 4. The number of amides is 2. The topological polar surface area (TPSA) is 130 Å². The monoisotopic (exact) mass is 395 g/mol. The second kappa shape index (κ2) is 7.70. The van der Waals surface area contributed by atoms with E-state index in [-0.39, 0.29) is 22.7 Å². The van der Waals surface area contributed by atoms with Crippen molar-refractivity contribution < 1.29 is 14.5 Å². The van der Waals surface area contributed by atoms with Crippen LogP contribution in [-0.2, 0) is 15.0 Å². The summed E-state index contributed by atoms with van der Waals surface area (Å²) in [5.41, 5.74) is 2.06. The molecule has 3 rings (SSSR count). The molecule has 1 saturated heterocycles. The summed E-state index contributed by atoms with van der Waals surface area (Å²) < 4.78 is 0. The van der Waals surface area contributed by atoms with Gasteiger partial charge in [-0.15, -0.1) is 0 Å². The number of nitrogens with zero attached hydrogens (tertiary/aromatic N) is 2. The van der Waals surface area contributed by atoms with Crippen LogP contribution in [0.1, 0.15) is 37.7 Å². The van der Waals surface area contributed by atoms with E-state index in [1.54, 1.807) is 18.5 Å². The van der Waals surface area contributed by atoms with Gasteiger partial charge in [0.15, 0.2) is 0 Å². The van der Waals surface area contributed by atoms with Crippen LogP contribution in [0.15, 0.2) is 42.4 Å². The summed E-state index contributed by atoms with van der Waals surface area (Å²) in [5, 5.41) is 15.9. The van der Waals surface area contributed by atoms with Gasteiger partial charge in [-0.05, 0) is 29.8 Å². The summed E-state index contributed by atoms with van der Waals surface area (Å²) in [5.74, 6) is -0.836. The largest absolute Gasteiger partial charge is 0.348 e. The zero-order valence-corrected chi connectivity index (χ0v) is 16.2. The second-order valence-electron chi connectivity index (χ2n) is 7.62. The fourth-order valence-corrected chi connectivity index (χ4v) is 2.87. The zero-order valence-electron chi connectivity index (χ0n) is 16.2. The lowest BCUT2D eigenvalue weighted by molar-refractivity contribution is -0.384. The summed E-state index contributed by atoms with van der Waals surface area (Å²) >= 11 is 0. The number of non-ortho nitro benzene ring substituents is 1. The van der Waals surface area contributed by atoms with Crippen LogP contribution in [0.2, 0.25) is 0 Å². The quantitative estimate of drug-likeness (QED) is 0.415. The predicted molar refractivity (Wildman–Crippen MR) is 107 cm³/mol. The molecular formula is C20H21N5O4. The van der Waals surface area contributed by atoms with E-state index in [2.05, 4.69) is 20.6 Å². The fraction of sp³-hybridized carbons (Fsp3) is 0.250. The molecule has 1 aliphatic rings. The molecule has 2 amide bonds. The minimum Gasteiger partial charge on any atom is -0.348 e. The van der Waals surface area contributed by atoms with Crippen molar-refractivity contribution in [3.8, 4) is 0 Å². The molecule has 9 nitrogen and oxygen atoms in total. The highest BCUT2D eigenvalue weighted by Crippen LogP contribution is 2.23. The van der Waals surface area contributed by atoms with Crippen LogP contribution in [-0.4, -0.2) is 32.7 Å². The van der Waals surface area contributed by atoms with Gasteiger partial charge in [-0.2, -0.15) is 0 Å². The number of piperazine rings is 1. The van der Waals surface area contributed by atoms with Crippen LogP contribution >= 0.6 is 0 Å². The van der Waals surface area contributed by atoms with Crippen LogP contribution in [0.5, 0.6) is 0 Å². The Bertz CT molecular complexity index is 1010. The number of nitrogens with one attached hydrogen (secondary N) is 3. The van der Waals surface area contributed by atoms with Crippen LogP contribution in [0, 0.1) is 10.1 Å². The first-order chi connectivity index (χ1) is 13.6. The Morgan fingerprint density at radius 1 is 1.17 bits per heavy atom. The van der Waals surface area contributed by atoms with Gasteiger partial charge in [0.25, 0.3) is 17.5 Å². The third-order valence-corrected chi connectivity index (χ3v) is 4.35. The van der Waals surface area contributed by atoms with E-state index in [0.29, 0.717) is 11.3 Å². The lowest BCUT2D eigenvalue weighted by Crippen LogP contribution is -2.53. The number of carbonyl (C=O) groups excluding carboxylic acids is 2. The smallest absolute Gasteiger partial charge is 0.269 e. The summed E-state index contributed by atoms with van der Waals surface area (Å²) in [6, 6.07) is 4.83. The maximum atomic E-state index is 12.4. The van der Waals surface area contributed by atoms with Gasteiger partial charge in [0, 0.05) is 23.2 Å². The Balaban J connectivity index is 1.73. The highest BCUT2D eigenvalue weighted by Gasteiger charge is 2.28. The number of benzene rings is 1. The van der Waals surface area contributed by atoms with Gasteiger partial charge < -0.3 is 15.6 Å². The van der Waals surface area contributed by atoms with Crippen LogP contribution in [0.4, 0.5) is 5.69 Å². The average Bonchev–Trinajstić information content (AvgIpc) is 3.13. The molecule has 9 heteroatoms. The molecule has 1 aromatic heterocycles. The summed E-state index contributed by atoms with van der Waals surface area (Å²) in [6.45, 7) is 6.13. The lowest BCUT2D eigenvalue weighted by atomic mass is 9.90. The van der Waals surface area contributed by atoms with E-state index in [1.807, 2.05) is 20.8 Å². The Labute approximate surface area is 167 Å². The van der Waals surface area contributed by atoms with Crippen molar-refractivity contribution in [2.45, 2.75) is 32.2 Å². The predicted octanol–water partition coefficient (Wildman–Crippen LogP) is 2.28. The van der Waals surface area contributed by atoms with Crippen LogP contribution in [0.3, 0.4) is 0 Å². The molecule has 2 heterocycles. The molecule has 0 radical (unpaired) electrons. The number of nitro groups is 1. The number of imidazole rings is 1. The van der Waals surface area contributed by atoms with Crippen molar-refractivity contribution in [3.05, 3.63) is 69.4 Å². The third kappa shape index (κ3) is 4.57. The van der Waals surface area contributed by atoms with Gasteiger partial charge in [-0.25, -0.2) is 4.98 Å². The number of H-pyrrole nitrogens is 1. The van der Waals surface area contributed by atoms with Crippen LogP contribution in [0.25, 0.3) is 12.2 Å². The minimum atomic E-state index is -0.832. The second-order valence-corrected chi connectivity index (χ2v) is 7.62. The number of hydrogen-bond acceptors (Lipinski definition) is 5. The van der Waals surface area contributed by atoms with Gasteiger partial charge in [-0.1, -0.05) is 26.8 Å². The molecule has 1 aromatic carbocycles. The van der Waals surface area contributed by atoms with Crippen molar-refractivity contribution >= 4 is 29.7 Å². The van der Waals surface area contributed by atoms with Crippen molar-refractivity contribution in [1.29, 1.82) is 0 Å². The number of hydrogen-bond donors (Lipinski definition) is 3. The maximum absolute atomic E-state index is 12.4. The minimum absolute atomic E-state index is 0.0533. The average molecular weight is 395 g/mol. The molecule has 150 valence electrons. The first-order valence-electron chi connectivity index (χ1n) is 8.95. The van der Waals surface area contributed by atoms with Crippen molar-refractivity contribution in [1.82, 2.24) is 20.6 Å². The Morgan fingerprint density at radius 2 is 1.86 bits per heavy atom. The standard InChI is InChI=1S/C20H21N5O4/c1-20(2,3)17-14(21-11-22-17)8-9-15-18(26)24-16(19(27)23-15)10-12-4-6-13(7-5-12)25(28)29/h4-11,15H,1-3H3,(H,21,22)(H,23,27)(H,24,26)/b9-8?,16-10-. The van der Waals surface area contributed by atoms with Crippen molar-refractivity contribution in [2.24, 2.45) is 0 Å². The summed E-state index contributed by atoms with van der Waals surface area (Å²) in [4.78, 5) is 42.3. The van der Waals surface area contributed by atoms with Crippen molar-refractivity contribution in [3.63, 3.8) is 0 Å².